The average molecular weight is 219 g/mol. The first-order chi connectivity index (χ1) is 7.59. The summed E-state index contributed by atoms with van der Waals surface area (Å²) in [7, 11) is 0. The number of halogens is 2. The Bertz CT molecular complexity index is 535. The first-order valence-electron chi connectivity index (χ1n) is 4.90. The zero-order valence-corrected chi connectivity index (χ0v) is 8.80. The molecule has 0 saturated carbocycles. The summed E-state index contributed by atoms with van der Waals surface area (Å²) >= 11 is 0. The van der Waals surface area contributed by atoms with E-state index in [-0.39, 0.29) is 11.1 Å². The standard InChI is InChI=1S/C13H11F2N/c1-8-6-12(15)10(7-13(8)16)9-4-2-3-5-11(9)14/h2-7H,16H2,1H3. The average Bonchev–Trinajstić information content (AvgIpc) is 2.25. The second-order valence-electron chi connectivity index (χ2n) is 3.67. The van der Waals surface area contributed by atoms with Gasteiger partial charge >= 0.3 is 0 Å². The highest BCUT2D eigenvalue weighted by atomic mass is 19.1. The Morgan fingerprint density at radius 2 is 1.62 bits per heavy atom. The van der Waals surface area contributed by atoms with E-state index in [9.17, 15) is 8.78 Å². The number of hydrogen-bond donors (Lipinski definition) is 1. The Morgan fingerprint density at radius 3 is 2.31 bits per heavy atom. The summed E-state index contributed by atoms with van der Waals surface area (Å²) in [6, 6.07) is 8.83. The lowest BCUT2D eigenvalue weighted by atomic mass is 10.0. The van der Waals surface area contributed by atoms with Gasteiger partial charge in [-0.05, 0) is 30.7 Å². The maximum absolute atomic E-state index is 13.7. The van der Waals surface area contributed by atoms with Crippen LogP contribution < -0.4 is 5.73 Å². The van der Waals surface area contributed by atoms with Gasteiger partial charge in [-0.1, -0.05) is 18.2 Å². The summed E-state index contributed by atoms with van der Waals surface area (Å²) in [6.45, 7) is 1.71. The molecule has 0 unspecified atom stereocenters. The molecule has 0 amide bonds. The van der Waals surface area contributed by atoms with Crippen LogP contribution in [0.5, 0.6) is 0 Å². The fourth-order valence-electron chi connectivity index (χ4n) is 1.58. The lowest BCUT2D eigenvalue weighted by molar-refractivity contribution is 0.616. The first-order valence-corrected chi connectivity index (χ1v) is 4.90. The number of hydrogen-bond acceptors (Lipinski definition) is 1. The molecule has 0 aliphatic rings. The van der Waals surface area contributed by atoms with Crippen molar-refractivity contribution in [2.24, 2.45) is 0 Å². The zero-order valence-electron chi connectivity index (χ0n) is 8.80. The topological polar surface area (TPSA) is 26.0 Å². The Labute approximate surface area is 92.5 Å². The Hall–Kier alpha value is -1.90. The molecule has 16 heavy (non-hydrogen) atoms. The molecule has 82 valence electrons. The van der Waals surface area contributed by atoms with Crippen LogP contribution in [0.15, 0.2) is 36.4 Å². The maximum atomic E-state index is 13.7. The molecule has 0 atom stereocenters. The third-order valence-electron chi connectivity index (χ3n) is 2.52. The SMILES string of the molecule is Cc1cc(F)c(-c2ccccc2F)cc1N. The molecule has 0 aromatic heterocycles. The molecule has 0 bridgehead atoms. The van der Waals surface area contributed by atoms with Crippen LogP contribution >= 0.6 is 0 Å². The summed E-state index contributed by atoms with van der Waals surface area (Å²) in [4.78, 5) is 0. The van der Waals surface area contributed by atoms with Crippen molar-refractivity contribution in [3.63, 3.8) is 0 Å². The van der Waals surface area contributed by atoms with Crippen LogP contribution in [-0.2, 0) is 0 Å². The molecular weight excluding hydrogens is 208 g/mol. The lowest BCUT2D eigenvalue weighted by Crippen LogP contribution is -1.95. The third kappa shape index (κ3) is 1.76. The Morgan fingerprint density at radius 1 is 0.938 bits per heavy atom. The quantitative estimate of drug-likeness (QED) is 0.729. The fraction of sp³-hybridized carbons (Fsp3) is 0.0769. The van der Waals surface area contributed by atoms with Gasteiger partial charge in [0.25, 0.3) is 0 Å². The van der Waals surface area contributed by atoms with Crippen molar-refractivity contribution in [1.29, 1.82) is 0 Å². The van der Waals surface area contributed by atoms with Crippen LogP contribution in [0.3, 0.4) is 0 Å². The van der Waals surface area contributed by atoms with Crippen LogP contribution in [0, 0.1) is 18.6 Å². The summed E-state index contributed by atoms with van der Waals surface area (Å²) in [5.41, 5.74) is 7.22. The second-order valence-corrected chi connectivity index (χ2v) is 3.67. The van der Waals surface area contributed by atoms with Gasteiger partial charge in [-0.15, -0.1) is 0 Å². The van der Waals surface area contributed by atoms with Gasteiger partial charge in [0.2, 0.25) is 0 Å². The number of rotatable bonds is 1. The van der Waals surface area contributed by atoms with E-state index in [1.54, 1.807) is 19.1 Å². The van der Waals surface area contributed by atoms with E-state index in [0.717, 1.165) is 0 Å². The number of nitrogen functional groups attached to an aromatic ring is 1. The molecular formula is C13H11F2N. The van der Waals surface area contributed by atoms with Gasteiger partial charge in [-0.2, -0.15) is 0 Å². The summed E-state index contributed by atoms with van der Waals surface area (Å²) in [5, 5.41) is 0. The van der Waals surface area contributed by atoms with Crippen molar-refractivity contribution in [3.8, 4) is 11.1 Å². The maximum Gasteiger partial charge on any atom is 0.131 e. The van der Waals surface area contributed by atoms with E-state index in [2.05, 4.69) is 0 Å². The van der Waals surface area contributed by atoms with Crippen molar-refractivity contribution < 1.29 is 8.78 Å². The van der Waals surface area contributed by atoms with Gasteiger partial charge in [0, 0.05) is 16.8 Å². The van der Waals surface area contributed by atoms with E-state index >= 15 is 0 Å². The smallest absolute Gasteiger partial charge is 0.131 e. The largest absolute Gasteiger partial charge is 0.398 e. The molecule has 2 aromatic carbocycles. The number of benzene rings is 2. The van der Waals surface area contributed by atoms with E-state index in [4.69, 9.17) is 5.73 Å². The number of aryl methyl sites for hydroxylation is 1. The van der Waals surface area contributed by atoms with Gasteiger partial charge < -0.3 is 5.73 Å². The van der Waals surface area contributed by atoms with Gasteiger partial charge in [0.05, 0.1) is 0 Å². The molecule has 1 nitrogen and oxygen atoms in total. The van der Waals surface area contributed by atoms with Gasteiger partial charge in [-0.25, -0.2) is 8.78 Å². The van der Waals surface area contributed by atoms with Crippen molar-refractivity contribution in [3.05, 3.63) is 53.6 Å². The summed E-state index contributed by atoms with van der Waals surface area (Å²) in [6.07, 6.45) is 0. The molecule has 0 heterocycles. The molecule has 0 aliphatic heterocycles. The van der Waals surface area contributed by atoms with E-state index in [1.165, 1.54) is 24.3 Å². The summed E-state index contributed by atoms with van der Waals surface area (Å²) in [5.74, 6) is -0.915. The molecule has 2 rings (SSSR count). The van der Waals surface area contributed by atoms with Gasteiger partial charge in [0.15, 0.2) is 0 Å². The van der Waals surface area contributed by atoms with Crippen molar-refractivity contribution in [2.75, 3.05) is 5.73 Å². The van der Waals surface area contributed by atoms with Crippen LogP contribution in [0.25, 0.3) is 11.1 Å². The Kier molecular flexibility index (Phi) is 2.60. The molecule has 0 aliphatic carbocycles. The van der Waals surface area contributed by atoms with E-state index in [0.29, 0.717) is 11.3 Å². The molecule has 0 spiro atoms. The minimum absolute atomic E-state index is 0.196. The Balaban J connectivity index is 2.65. The molecule has 2 aromatic rings. The highest BCUT2D eigenvalue weighted by molar-refractivity contribution is 5.70. The number of nitrogens with two attached hydrogens (primary N) is 1. The van der Waals surface area contributed by atoms with Crippen molar-refractivity contribution in [2.45, 2.75) is 6.92 Å². The minimum atomic E-state index is -0.461. The van der Waals surface area contributed by atoms with Crippen LogP contribution in [-0.4, -0.2) is 0 Å². The van der Waals surface area contributed by atoms with E-state index < -0.39 is 11.6 Å². The molecule has 3 heteroatoms. The highest BCUT2D eigenvalue weighted by Gasteiger charge is 2.11. The van der Waals surface area contributed by atoms with Crippen LogP contribution in [0.2, 0.25) is 0 Å². The minimum Gasteiger partial charge on any atom is -0.398 e. The predicted molar refractivity (Wildman–Crippen MR) is 60.9 cm³/mol. The predicted octanol–water partition coefficient (Wildman–Crippen LogP) is 3.52. The van der Waals surface area contributed by atoms with Crippen molar-refractivity contribution >= 4 is 5.69 Å². The lowest BCUT2D eigenvalue weighted by Gasteiger charge is -2.08. The summed E-state index contributed by atoms with van der Waals surface area (Å²) < 4.78 is 27.2. The van der Waals surface area contributed by atoms with Gasteiger partial charge in [-0.3, -0.25) is 0 Å². The van der Waals surface area contributed by atoms with Gasteiger partial charge in [0.1, 0.15) is 11.6 Å². The highest BCUT2D eigenvalue weighted by Crippen LogP contribution is 2.28. The monoisotopic (exact) mass is 219 g/mol. The third-order valence-corrected chi connectivity index (χ3v) is 2.52. The van der Waals surface area contributed by atoms with E-state index in [1.807, 2.05) is 0 Å². The van der Waals surface area contributed by atoms with Crippen molar-refractivity contribution in [1.82, 2.24) is 0 Å². The fourth-order valence-corrected chi connectivity index (χ4v) is 1.58. The van der Waals surface area contributed by atoms with Crippen LogP contribution in [0.1, 0.15) is 5.56 Å². The normalized spacial score (nSPS) is 10.4. The number of anilines is 1. The first kappa shape index (κ1) is 10.6. The van der Waals surface area contributed by atoms with Crippen LogP contribution in [0.4, 0.5) is 14.5 Å². The zero-order chi connectivity index (χ0) is 11.7. The molecule has 2 N–H and O–H groups in total. The molecule has 0 radical (unpaired) electrons. The molecule has 0 saturated heterocycles. The molecule has 0 fully saturated rings. The second kappa shape index (κ2) is 3.93.